The Balaban J connectivity index is 1.22. The molecule has 3 N–H and O–H groups in total. The molecule has 2 heterocycles. The predicted molar refractivity (Wildman–Crippen MR) is 130 cm³/mol. The molecule has 0 aliphatic carbocycles. The second kappa shape index (κ2) is 11.3. The van der Waals surface area contributed by atoms with Crippen LogP contribution in [0.5, 0.6) is 0 Å². The van der Waals surface area contributed by atoms with Crippen LogP contribution in [-0.2, 0) is 17.8 Å². The maximum Gasteiger partial charge on any atom is 0.223 e. The van der Waals surface area contributed by atoms with Crippen molar-refractivity contribution >= 4 is 5.91 Å². The number of amides is 1. The van der Waals surface area contributed by atoms with Crippen LogP contribution in [0.2, 0.25) is 0 Å². The largest absolute Gasteiger partial charge is 0.390 e. The molecule has 33 heavy (non-hydrogen) atoms. The van der Waals surface area contributed by atoms with Gasteiger partial charge in [-0.15, -0.1) is 0 Å². The van der Waals surface area contributed by atoms with Gasteiger partial charge in [0.25, 0.3) is 0 Å². The van der Waals surface area contributed by atoms with E-state index >= 15 is 0 Å². The number of aryl methyl sites for hydroxylation is 1. The number of likely N-dealkylation sites (tertiary alicyclic amines) is 2. The molecule has 2 aromatic rings. The molecule has 2 atom stereocenters. The van der Waals surface area contributed by atoms with Crippen LogP contribution in [0.25, 0.3) is 0 Å². The van der Waals surface area contributed by atoms with Crippen molar-refractivity contribution < 1.29 is 15.0 Å². The zero-order valence-corrected chi connectivity index (χ0v) is 19.4. The first-order valence-electron chi connectivity index (χ1n) is 12.2. The maximum absolute atomic E-state index is 12.8. The Kier molecular flexibility index (Phi) is 8.15. The smallest absolute Gasteiger partial charge is 0.223 e. The Labute approximate surface area is 197 Å². The summed E-state index contributed by atoms with van der Waals surface area (Å²) >= 11 is 0. The number of carbonyl (C=O) groups is 1. The molecule has 178 valence electrons. The summed E-state index contributed by atoms with van der Waals surface area (Å²) in [5.41, 5.74) is 1.17. The number of β-amino-alcohol motifs (C(OH)–C–C–N with tert-alkyl or cyclic N) is 1. The summed E-state index contributed by atoms with van der Waals surface area (Å²) in [5.74, 6) is 0.0402. The Morgan fingerprint density at radius 2 is 1.58 bits per heavy atom. The predicted octanol–water partition coefficient (Wildman–Crippen LogP) is 2.20. The monoisotopic (exact) mass is 451 g/mol. The minimum absolute atomic E-state index is 0.0402. The van der Waals surface area contributed by atoms with Crippen LogP contribution in [0, 0.1) is 0 Å². The molecule has 2 fully saturated rings. The molecule has 2 aliphatic rings. The second-order valence-corrected chi connectivity index (χ2v) is 9.63. The second-order valence-electron chi connectivity index (χ2n) is 9.63. The van der Waals surface area contributed by atoms with Crippen LogP contribution < -0.4 is 5.32 Å². The van der Waals surface area contributed by atoms with Crippen molar-refractivity contribution in [3.05, 3.63) is 71.8 Å². The number of aliphatic hydroxyl groups is 2. The van der Waals surface area contributed by atoms with E-state index in [1.54, 1.807) is 4.90 Å². The highest BCUT2D eigenvalue weighted by Gasteiger charge is 2.42. The molecule has 2 aliphatic heterocycles. The van der Waals surface area contributed by atoms with Gasteiger partial charge in [0.2, 0.25) is 5.91 Å². The molecule has 0 saturated carbocycles. The van der Waals surface area contributed by atoms with E-state index in [2.05, 4.69) is 34.5 Å². The van der Waals surface area contributed by atoms with E-state index in [0.29, 0.717) is 38.4 Å². The standard InChI is InChI=1S/C27H37N3O3/c31-25-15-18-30(26(32)12-11-22-7-3-1-4-8-22)21-27(25,33)20-28-24-13-16-29(17-14-24)19-23-9-5-2-6-10-23/h1-10,24-25,28,31,33H,11-21H2/t25-,27+/m1/s1. The zero-order valence-electron chi connectivity index (χ0n) is 19.4. The number of piperidine rings is 2. The average molecular weight is 452 g/mol. The fraction of sp³-hybridized carbons (Fsp3) is 0.519. The molecule has 4 rings (SSSR count). The lowest BCUT2D eigenvalue weighted by molar-refractivity contribution is -0.151. The lowest BCUT2D eigenvalue weighted by Gasteiger charge is -2.44. The first kappa shape index (κ1) is 23.9. The van der Waals surface area contributed by atoms with E-state index in [4.69, 9.17) is 0 Å². The summed E-state index contributed by atoms with van der Waals surface area (Å²) in [6.45, 7) is 3.97. The zero-order chi connectivity index (χ0) is 23.1. The van der Waals surface area contributed by atoms with Crippen molar-refractivity contribution in [3.8, 4) is 0 Å². The van der Waals surface area contributed by atoms with Crippen LogP contribution in [-0.4, -0.2) is 76.4 Å². The van der Waals surface area contributed by atoms with Gasteiger partial charge >= 0.3 is 0 Å². The lowest BCUT2D eigenvalue weighted by atomic mass is 9.88. The van der Waals surface area contributed by atoms with E-state index in [1.165, 1.54) is 5.56 Å². The van der Waals surface area contributed by atoms with Gasteiger partial charge in [-0.2, -0.15) is 0 Å². The van der Waals surface area contributed by atoms with Crippen molar-refractivity contribution in [2.45, 2.75) is 56.4 Å². The maximum atomic E-state index is 12.8. The van der Waals surface area contributed by atoms with Gasteiger partial charge in [-0.1, -0.05) is 60.7 Å². The van der Waals surface area contributed by atoms with Crippen molar-refractivity contribution in [2.24, 2.45) is 0 Å². The molecule has 2 saturated heterocycles. The third-order valence-electron chi connectivity index (χ3n) is 7.11. The lowest BCUT2D eigenvalue weighted by Crippen LogP contribution is -2.63. The van der Waals surface area contributed by atoms with Gasteiger partial charge in [-0.25, -0.2) is 0 Å². The highest BCUT2D eigenvalue weighted by atomic mass is 16.3. The number of nitrogens with zero attached hydrogens (tertiary/aromatic N) is 2. The SMILES string of the molecule is O=C(CCc1ccccc1)N1CC[C@@H](O)[C@](O)(CNC2CCN(Cc3ccccc3)CC2)C1. The van der Waals surface area contributed by atoms with Gasteiger partial charge in [0, 0.05) is 32.1 Å². The van der Waals surface area contributed by atoms with Gasteiger partial charge < -0.3 is 20.4 Å². The van der Waals surface area contributed by atoms with E-state index in [9.17, 15) is 15.0 Å². The van der Waals surface area contributed by atoms with Crippen molar-refractivity contribution in [2.75, 3.05) is 32.7 Å². The number of rotatable bonds is 8. The van der Waals surface area contributed by atoms with Gasteiger partial charge in [0.15, 0.2) is 0 Å². The molecule has 0 radical (unpaired) electrons. The third kappa shape index (κ3) is 6.64. The Hall–Kier alpha value is -2.25. The summed E-state index contributed by atoms with van der Waals surface area (Å²) in [4.78, 5) is 17.0. The Morgan fingerprint density at radius 3 is 2.24 bits per heavy atom. The van der Waals surface area contributed by atoms with E-state index in [1.807, 2.05) is 36.4 Å². The minimum atomic E-state index is -1.30. The number of hydrogen-bond acceptors (Lipinski definition) is 5. The number of aliphatic hydroxyl groups excluding tert-OH is 1. The first-order chi connectivity index (χ1) is 16.0. The normalized spacial score (nSPS) is 24.7. The minimum Gasteiger partial charge on any atom is -0.390 e. The van der Waals surface area contributed by atoms with E-state index < -0.39 is 11.7 Å². The fourth-order valence-corrected chi connectivity index (χ4v) is 4.96. The van der Waals surface area contributed by atoms with Gasteiger partial charge in [0.1, 0.15) is 5.60 Å². The molecule has 0 bridgehead atoms. The Bertz CT molecular complexity index is 871. The molecule has 2 aromatic carbocycles. The number of hydrogen-bond donors (Lipinski definition) is 3. The molecular formula is C27H37N3O3. The van der Waals surface area contributed by atoms with Crippen molar-refractivity contribution in [1.29, 1.82) is 0 Å². The quantitative estimate of drug-likeness (QED) is 0.574. The average Bonchev–Trinajstić information content (AvgIpc) is 2.85. The first-order valence-corrected chi connectivity index (χ1v) is 12.2. The van der Waals surface area contributed by atoms with Crippen LogP contribution >= 0.6 is 0 Å². The van der Waals surface area contributed by atoms with E-state index in [-0.39, 0.29) is 12.5 Å². The number of nitrogens with one attached hydrogen (secondary N) is 1. The molecule has 0 spiro atoms. The summed E-state index contributed by atoms with van der Waals surface area (Å²) in [6.07, 6.45) is 2.73. The fourth-order valence-electron chi connectivity index (χ4n) is 4.96. The highest BCUT2D eigenvalue weighted by Crippen LogP contribution is 2.23. The highest BCUT2D eigenvalue weighted by molar-refractivity contribution is 5.76. The van der Waals surface area contributed by atoms with Gasteiger partial charge in [-0.3, -0.25) is 9.69 Å². The third-order valence-corrected chi connectivity index (χ3v) is 7.11. The van der Waals surface area contributed by atoms with Crippen LogP contribution in [0.1, 0.15) is 36.8 Å². The van der Waals surface area contributed by atoms with Crippen molar-refractivity contribution in [1.82, 2.24) is 15.1 Å². The molecule has 0 unspecified atom stereocenters. The molecule has 6 nitrogen and oxygen atoms in total. The molecule has 6 heteroatoms. The van der Waals surface area contributed by atoms with Crippen LogP contribution in [0.4, 0.5) is 0 Å². The molecule has 0 aromatic heterocycles. The number of benzene rings is 2. The molecule has 1 amide bonds. The van der Waals surface area contributed by atoms with Crippen molar-refractivity contribution in [3.63, 3.8) is 0 Å². The van der Waals surface area contributed by atoms with Crippen LogP contribution in [0.15, 0.2) is 60.7 Å². The Morgan fingerprint density at radius 1 is 0.939 bits per heavy atom. The summed E-state index contributed by atoms with van der Waals surface area (Å²) in [7, 11) is 0. The number of carbonyl (C=O) groups excluding carboxylic acids is 1. The molecular weight excluding hydrogens is 414 g/mol. The summed E-state index contributed by atoms with van der Waals surface area (Å²) in [6, 6.07) is 20.8. The van der Waals surface area contributed by atoms with E-state index in [0.717, 1.165) is 38.0 Å². The summed E-state index contributed by atoms with van der Waals surface area (Å²) < 4.78 is 0. The topological polar surface area (TPSA) is 76.0 Å². The van der Waals surface area contributed by atoms with Gasteiger partial charge in [0.05, 0.1) is 12.6 Å². The van der Waals surface area contributed by atoms with Crippen LogP contribution in [0.3, 0.4) is 0 Å². The van der Waals surface area contributed by atoms with Gasteiger partial charge in [-0.05, 0) is 49.9 Å². The summed E-state index contributed by atoms with van der Waals surface area (Å²) in [5, 5.41) is 25.2.